The van der Waals surface area contributed by atoms with Gasteiger partial charge in [0, 0.05) is 25.2 Å². The maximum Gasteiger partial charge on any atom is 0.307 e. The second-order valence-corrected chi connectivity index (χ2v) is 7.24. The number of hydrogen-bond acceptors (Lipinski definition) is 3. The molecule has 1 aliphatic rings. The van der Waals surface area contributed by atoms with Gasteiger partial charge in [-0.3, -0.25) is 14.5 Å². The topological polar surface area (TPSA) is 60.9 Å². The summed E-state index contributed by atoms with van der Waals surface area (Å²) < 4.78 is 0. The van der Waals surface area contributed by atoms with E-state index < -0.39 is 5.97 Å². The van der Waals surface area contributed by atoms with Gasteiger partial charge in [-0.2, -0.15) is 0 Å². The van der Waals surface area contributed by atoms with Crippen molar-refractivity contribution in [1.82, 2.24) is 9.80 Å². The third kappa shape index (κ3) is 4.71. The molecule has 0 bridgehead atoms. The van der Waals surface area contributed by atoms with Crippen molar-refractivity contribution in [1.29, 1.82) is 0 Å². The molecule has 5 nitrogen and oxygen atoms in total. The Balaban J connectivity index is 1.97. The number of aliphatic carboxylic acids is 1. The zero-order valence-electron chi connectivity index (χ0n) is 14.4. The van der Waals surface area contributed by atoms with Gasteiger partial charge >= 0.3 is 5.97 Å². The summed E-state index contributed by atoms with van der Waals surface area (Å²) in [5.41, 5.74) is 1.02. The van der Waals surface area contributed by atoms with E-state index in [0.29, 0.717) is 18.0 Å². The third-order valence-electron chi connectivity index (χ3n) is 4.77. The fourth-order valence-corrected chi connectivity index (χ4v) is 3.38. The van der Waals surface area contributed by atoms with Crippen LogP contribution < -0.4 is 0 Å². The van der Waals surface area contributed by atoms with E-state index in [9.17, 15) is 14.7 Å². The smallest absolute Gasteiger partial charge is 0.307 e. The molecule has 0 saturated carbocycles. The quantitative estimate of drug-likeness (QED) is 0.885. The molecule has 0 radical (unpaired) electrons. The minimum absolute atomic E-state index is 0.00399. The van der Waals surface area contributed by atoms with Crippen molar-refractivity contribution in [2.45, 2.75) is 26.3 Å². The van der Waals surface area contributed by atoms with E-state index in [1.54, 1.807) is 11.9 Å². The molecule has 1 aromatic rings. The minimum atomic E-state index is -0.776. The first-order valence-corrected chi connectivity index (χ1v) is 8.62. The predicted octanol–water partition coefficient (Wildman–Crippen LogP) is 2.90. The average Bonchev–Trinajstić information content (AvgIpc) is 2.53. The first-order valence-electron chi connectivity index (χ1n) is 8.24. The van der Waals surface area contributed by atoms with Crippen LogP contribution in [-0.2, 0) is 9.59 Å². The second-order valence-electron chi connectivity index (χ2n) is 6.80. The van der Waals surface area contributed by atoms with E-state index in [0.717, 1.165) is 12.1 Å². The first kappa shape index (κ1) is 18.7. The van der Waals surface area contributed by atoms with E-state index in [4.69, 9.17) is 11.6 Å². The first-order chi connectivity index (χ1) is 11.3. The van der Waals surface area contributed by atoms with Gasteiger partial charge in [0.15, 0.2) is 0 Å². The summed E-state index contributed by atoms with van der Waals surface area (Å²) in [5, 5.41) is 9.91. The molecule has 0 aromatic heterocycles. The Morgan fingerprint density at radius 3 is 2.54 bits per heavy atom. The van der Waals surface area contributed by atoms with Crippen molar-refractivity contribution >= 4 is 23.5 Å². The van der Waals surface area contributed by atoms with Gasteiger partial charge in [0.25, 0.3) is 0 Å². The van der Waals surface area contributed by atoms with Crippen LogP contribution in [0.1, 0.15) is 31.9 Å². The maximum absolute atomic E-state index is 12.6. The summed E-state index contributed by atoms with van der Waals surface area (Å²) in [4.78, 5) is 27.5. The maximum atomic E-state index is 12.6. The van der Waals surface area contributed by atoms with Gasteiger partial charge in [0.2, 0.25) is 5.91 Å². The van der Waals surface area contributed by atoms with Crippen LogP contribution in [0.4, 0.5) is 0 Å². The Bertz CT molecular complexity index is 590. The number of piperidine rings is 1. The number of benzene rings is 1. The van der Waals surface area contributed by atoms with Gasteiger partial charge < -0.3 is 10.0 Å². The SMILES string of the molecule is CC1CC(C(=O)O)CN(CC(=O)N(C)C(C)c2ccc(Cl)cc2)C1. The summed E-state index contributed by atoms with van der Waals surface area (Å²) in [7, 11) is 1.78. The van der Waals surface area contributed by atoms with E-state index in [2.05, 4.69) is 0 Å². The van der Waals surface area contributed by atoms with E-state index in [-0.39, 0.29) is 30.3 Å². The fraction of sp³-hybridized carbons (Fsp3) is 0.556. The highest BCUT2D eigenvalue weighted by atomic mass is 35.5. The van der Waals surface area contributed by atoms with Crippen LogP contribution >= 0.6 is 11.6 Å². The average molecular weight is 353 g/mol. The lowest BCUT2D eigenvalue weighted by Crippen LogP contribution is -2.47. The Morgan fingerprint density at radius 1 is 1.33 bits per heavy atom. The predicted molar refractivity (Wildman–Crippen MR) is 94.0 cm³/mol. The molecule has 1 aliphatic heterocycles. The number of carboxylic acids is 1. The Labute approximate surface area is 148 Å². The molecule has 24 heavy (non-hydrogen) atoms. The van der Waals surface area contributed by atoms with Gasteiger partial charge in [-0.05, 0) is 37.0 Å². The lowest BCUT2D eigenvalue weighted by atomic mass is 9.90. The lowest BCUT2D eigenvalue weighted by molar-refractivity contribution is -0.146. The summed E-state index contributed by atoms with van der Waals surface area (Å²) in [6, 6.07) is 7.40. The number of likely N-dealkylation sites (N-methyl/N-ethyl adjacent to an activating group) is 1. The minimum Gasteiger partial charge on any atom is -0.481 e. The summed E-state index contributed by atoms with van der Waals surface area (Å²) in [5.74, 6) is -0.884. The van der Waals surface area contributed by atoms with Gasteiger partial charge in [0.05, 0.1) is 18.5 Å². The molecule has 3 atom stereocenters. The van der Waals surface area contributed by atoms with E-state index in [1.165, 1.54) is 0 Å². The lowest BCUT2D eigenvalue weighted by Gasteiger charge is -2.35. The molecule has 1 N–H and O–H groups in total. The highest BCUT2D eigenvalue weighted by Crippen LogP contribution is 2.24. The number of amides is 1. The normalized spacial score (nSPS) is 22.8. The van der Waals surface area contributed by atoms with Crippen LogP contribution in [0.25, 0.3) is 0 Å². The van der Waals surface area contributed by atoms with Crippen molar-refractivity contribution in [2.24, 2.45) is 11.8 Å². The molecule has 6 heteroatoms. The van der Waals surface area contributed by atoms with Gasteiger partial charge in [-0.25, -0.2) is 0 Å². The van der Waals surface area contributed by atoms with Crippen molar-refractivity contribution in [2.75, 3.05) is 26.7 Å². The number of carbonyl (C=O) groups excluding carboxylic acids is 1. The molecule has 132 valence electrons. The second kappa shape index (κ2) is 7.99. The van der Waals surface area contributed by atoms with E-state index in [1.807, 2.05) is 43.0 Å². The number of halogens is 1. The number of rotatable bonds is 5. The van der Waals surface area contributed by atoms with Crippen LogP contribution in [-0.4, -0.2) is 53.5 Å². The molecule has 1 fully saturated rings. The van der Waals surface area contributed by atoms with Crippen molar-refractivity contribution in [3.05, 3.63) is 34.9 Å². The van der Waals surface area contributed by atoms with Crippen molar-refractivity contribution in [3.63, 3.8) is 0 Å². The Kier molecular flexibility index (Phi) is 6.24. The fourth-order valence-electron chi connectivity index (χ4n) is 3.25. The van der Waals surface area contributed by atoms with Crippen molar-refractivity contribution < 1.29 is 14.7 Å². The molecular formula is C18H25ClN2O3. The summed E-state index contributed by atoms with van der Waals surface area (Å²) in [6.45, 7) is 5.46. The molecular weight excluding hydrogens is 328 g/mol. The van der Waals surface area contributed by atoms with Crippen LogP contribution in [0.2, 0.25) is 5.02 Å². The number of carboxylic acid groups (broad SMARTS) is 1. The third-order valence-corrected chi connectivity index (χ3v) is 5.02. The number of likely N-dealkylation sites (tertiary alicyclic amines) is 1. The van der Waals surface area contributed by atoms with Gasteiger partial charge in [-0.1, -0.05) is 30.7 Å². The zero-order valence-corrected chi connectivity index (χ0v) is 15.2. The zero-order chi connectivity index (χ0) is 17.9. The van der Waals surface area contributed by atoms with Gasteiger partial charge in [-0.15, -0.1) is 0 Å². The molecule has 1 saturated heterocycles. The highest BCUT2D eigenvalue weighted by molar-refractivity contribution is 6.30. The summed E-state index contributed by atoms with van der Waals surface area (Å²) >= 11 is 5.90. The molecule has 0 aliphatic carbocycles. The Morgan fingerprint density at radius 2 is 1.96 bits per heavy atom. The standard InChI is InChI=1S/C18H25ClN2O3/c1-12-8-15(18(23)24)10-21(9-12)11-17(22)20(3)13(2)14-4-6-16(19)7-5-14/h4-7,12-13,15H,8-11H2,1-3H3,(H,23,24). The van der Waals surface area contributed by atoms with E-state index >= 15 is 0 Å². The van der Waals surface area contributed by atoms with Crippen molar-refractivity contribution in [3.8, 4) is 0 Å². The molecule has 1 aromatic carbocycles. The van der Waals surface area contributed by atoms with Crippen LogP contribution in [0.15, 0.2) is 24.3 Å². The summed E-state index contributed by atoms with van der Waals surface area (Å²) in [6.07, 6.45) is 0.678. The number of carbonyl (C=O) groups is 2. The molecule has 3 unspecified atom stereocenters. The largest absolute Gasteiger partial charge is 0.481 e. The monoisotopic (exact) mass is 352 g/mol. The molecule has 0 spiro atoms. The van der Waals surface area contributed by atoms with Crippen LogP contribution in [0, 0.1) is 11.8 Å². The Hall–Kier alpha value is -1.59. The van der Waals surface area contributed by atoms with Crippen LogP contribution in [0.5, 0.6) is 0 Å². The number of nitrogens with zero attached hydrogens (tertiary/aromatic N) is 2. The van der Waals surface area contributed by atoms with Crippen LogP contribution in [0.3, 0.4) is 0 Å². The molecule has 2 rings (SSSR count). The number of hydrogen-bond donors (Lipinski definition) is 1. The highest BCUT2D eigenvalue weighted by Gasteiger charge is 2.31. The molecule has 1 heterocycles. The molecule has 1 amide bonds. The van der Waals surface area contributed by atoms with Gasteiger partial charge in [0.1, 0.15) is 0 Å².